The highest BCUT2D eigenvalue weighted by molar-refractivity contribution is 7.51. The van der Waals surface area contributed by atoms with Gasteiger partial charge in [0.2, 0.25) is 11.8 Å². The van der Waals surface area contributed by atoms with E-state index in [0.717, 1.165) is 42.4 Å². The van der Waals surface area contributed by atoms with E-state index < -0.39 is 13.5 Å². The number of halogens is 1. The Hall–Kier alpha value is -3.13. The van der Waals surface area contributed by atoms with Crippen LogP contribution in [-0.2, 0) is 9.36 Å². The fourth-order valence-corrected chi connectivity index (χ4v) is 9.31. The monoisotopic (exact) mass is 680 g/mol. The second-order valence-corrected chi connectivity index (χ2v) is 16.5. The van der Waals surface area contributed by atoms with Gasteiger partial charge in [0.1, 0.15) is 0 Å². The molecule has 1 aromatic heterocycles. The molecule has 3 aliphatic rings. The molecule has 3 aromatic rings. The highest BCUT2D eigenvalue weighted by atomic mass is 32.1. The molecule has 3 fully saturated rings. The van der Waals surface area contributed by atoms with Crippen LogP contribution in [0.5, 0.6) is 0 Å². The van der Waals surface area contributed by atoms with Gasteiger partial charge in [-0.1, -0.05) is 50.2 Å². The number of nitrogens with one attached hydrogen (secondary N) is 1. The van der Waals surface area contributed by atoms with E-state index in [1.807, 2.05) is 35.2 Å². The summed E-state index contributed by atoms with van der Waals surface area (Å²) in [6.45, 7) is 5.96. The largest absolute Gasteiger partial charge is 0.363 e. The number of fused-ring (bicyclic) bond motifs is 2. The van der Waals surface area contributed by atoms with E-state index in [9.17, 15) is 33.6 Å². The van der Waals surface area contributed by atoms with Crippen molar-refractivity contribution in [1.82, 2.24) is 15.1 Å². The maximum absolute atomic E-state index is 14.3. The number of alkyl halides is 1. The average Bonchev–Trinajstić information content (AvgIpc) is 3.77. The molecule has 6 rings (SSSR count). The summed E-state index contributed by atoms with van der Waals surface area (Å²) in [7, 11) is -4.95. The van der Waals surface area contributed by atoms with Gasteiger partial charge in [0, 0.05) is 42.3 Å². The van der Waals surface area contributed by atoms with Crippen LogP contribution >= 0.6 is 18.9 Å². The van der Waals surface area contributed by atoms with Crippen LogP contribution in [0, 0.1) is 29.1 Å². The van der Waals surface area contributed by atoms with Crippen LogP contribution in [0.1, 0.15) is 78.6 Å². The van der Waals surface area contributed by atoms with E-state index in [2.05, 4.69) is 30.1 Å². The van der Waals surface area contributed by atoms with Gasteiger partial charge in [-0.3, -0.25) is 19.1 Å². The van der Waals surface area contributed by atoms with Crippen LogP contribution in [0.4, 0.5) is 4.39 Å². The third-order valence-electron chi connectivity index (χ3n) is 10.5. The third kappa shape index (κ3) is 7.18. The molecule has 47 heavy (non-hydrogen) atoms. The molecule has 0 spiro atoms. The highest BCUT2D eigenvalue weighted by Gasteiger charge is 2.45. The van der Waals surface area contributed by atoms with Gasteiger partial charge in [0.05, 0.1) is 22.9 Å². The molecule has 0 aliphatic carbocycles. The first kappa shape index (κ1) is 33.8. The predicted octanol–water partition coefficient (Wildman–Crippen LogP) is 6.20. The maximum Gasteiger partial charge on any atom is 0.363 e. The van der Waals surface area contributed by atoms with Crippen LogP contribution in [0.3, 0.4) is 0 Å². The maximum atomic E-state index is 14.3. The highest BCUT2D eigenvalue weighted by Crippen LogP contribution is 2.53. The van der Waals surface area contributed by atoms with Gasteiger partial charge in [-0.05, 0) is 78.7 Å². The van der Waals surface area contributed by atoms with E-state index in [4.69, 9.17) is 0 Å². The molecule has 12 heteroatoms. The molecule has 250 valence electrons. The zero-order valence-corrected chi connectivity index (χ0v) is 28.4. The van der Waals surface area contributed by atoms with Crippen LogP contribution in [0.25, 0.3) is 10.1 Å². The normalized spacial score (nSPS) is 27.6. The fourth-order valence-electron chi connectivity index (χ4n) is 7.82. The topological polar surface area (TPSA) is 134 Å². The van der Waals surface area contributed by atoms with Gasteiger partial charge >= 0.3 is 7.60 Å². The zero-order chi connectivity index (χ0) is 33.5. The standard InChI is InChI=1S/C35H42FN4O5PS/c1-21(2)23-8-10-27(38-34(41)32-16-25-14-24(9-13-31(25)47-32)33(36)46(43,44)45)19-40-28(15-23)11-12-30(40)35(42)39-18-26(17-37)29(20-39)22-6-4-3-5-7-22/h3-7,9,13-14,16,21,23,26-30,33H,8,10-12,15,18-20H2,1-2H3,(H,38,41)(H2,43,44,45)/t23-,26-,27+,28-,29+,30+,33?/m1/s1. The average molecular weight is 681 g/mol. The van der Waals surface area contributed by atoms with E-state index >= 15 is 0 Å². The third-order valence-corrected chi connectivity index (χ3v) is 12.5. The number of amides is 2. The summed E-state index contributed by atoms with van der Waals surface area (Å²) in [5.74, 6) is -1.96. The van der Waals surface area contributed by atoms with Crippen LogP contribution in [0.15, 0.2) is 54.6 Å². The van der Waals surface area contributed by atoms with E-state index in [-0.39, 0.29) is 47.3 Å². The number of carbonyl (C=O) groups is 2. The SMILES string of the molecule is CC(C)[C@@H]1CC[C@H](NC(=O)c2cc3cc(C(F)P(=O)(O)O)ccc3s2)CN2[C@H](CC[C@H]2C(=O)N2C[C@@H](C#N)[C@H](c3ccccc3)C2)C1. The Morgan fingerprint density at radius 2 is 1.81 bits per heavy atom. The predicted molar refractivity (Wildman–Crippen MR) is 180 cm³/mol. The lowest BCUT2D eigenvalue weighted by Gasteiger charge is -2.39. The Morgan fingerprint density at radius 3 is 2.51 bits per heavy atom. The van der Waals surface area contributed by atoms with Crippen molar-refractivity contribution in [2.45, 2.75) is 75.9 Å². The summed E-state index contributed by atoms with van der Waals surface area (Å²) in [6.07, 6.45) is 4.42. The van der Waals surface area contributed by atoms with Gasteiger partial charge in [0.15, 0.2) is 0 Å². The summed E-state index contributed by atoms with van der Waals surface area (Å²) >= 11 is 1.25. The molecule has 1 unspecified atom stereocenters. The number of benzene rings is 2. The zero-order valence-electron chi connectivity index (χ0n) is 26.7. The minimum atomic E-state index is -4.95. The molecule has 2 amide bonds. The van der Waals surface area contributed by atoms with Crippen molar-refractivity contribution in [2.24, 2.45) is 17.8 Å². The Morgan fingerprint density at radius 1 is 1.04 bits per heavy atom. The number of hydrogen-bond donors (Lipinski definition) is 3. The van der Waals surface area contributed by atoms with Gasteiger partial charge < -0.3 is 20.0 Å². The van der Waals surface area contributed by atoms with Gasteiger partial charge in [-0.2, -0.15) is 5.26 Å². The Bertz CT molecular complexity index is 1710. The molecule has 3 aliphatic heterocycles. The Labute approximate surface area is 278 Å². The lowest BCUT2D eigenvalue weighted by atomic mass is 9.82. The molecule has 9 nitrogen and oxygen atoms in total. The number of nitriles is 1. The number of rotatable bonds is 7. The summed E-state index contributed by atoms with van der Waals surface area (Å²) in [4.78, 5) is 51.0. The lowest BCUT2D eigenvalue weighted by molar-refractivity contribution is -0.135. The molecular weight excluding hydrogens is 638 g/mol. The minimum absolute atomic E-state index is 0.0167. The summed E-state index contributed by atoms with van der Waals surface area (Å²) in [6, 6.07) is 18.1. The van der Waals surface area contributed by atoms with Crippen molar-refractivity contribution in [1.29, 1.82) is 5.26 Å². The van der Waals surface area contributed by atoms with Crippen molar-refractivity contribution >= 4 is 40.8 Å². The summed E-state index contributed by atoms with van der Waals surface area (Å²) in [5, 5.41) is 13.7. The lowest BCUT2D eigenvalue weighted by Crippen LogP contribution is -2.54. The summed E-state index contributed by atoms with van der Waals surface area (Å²) < 4.78 is 26.5. The molecule has 3 N–H and O–H groups in total. The van der Waals surface area contributed by atoms with Crippen molar-refractivity contribution in [3.05, 3.63) is 70.6 Å². The molecule has 0 saturated carbocycles. The van der Waals surface area contributed by atoms with E-state index in [1.165, 1.54) is 23.5 Å². The quantitative estimate of drug-likeness (QED) is 0.253. The molecule has 2 aromatic carbocycles. The van der Waals surface area contributed by atoms with Gasteiger partial charge in [-0.25, -0.2) is 4.39 Å². The number of nitrogens with zero attached hydrogens (tertiary/aromatic N) is 3. The second-order valence-electron chi connectivity index (χ2n) is 13.8. The molecule has 4 heterocycles. The fraction of sp³-hybridized carbons (Fsp3) is 0.514. The number of hydrogen-bond acceptors (Lipinski definition) is 6. The van der Waals surface area contributed by atoms with Crippen molar-refractivity contribution < 1.29 is 28.3 Å². The van der Waals surface area contributed by atoms with Crippen molar-refractivity contribution in [2.75, 3.05) is 19.6 Å². The first-order valence-corrected chi connectivity index (χ1v) is 19.0. The molecule has 0 bridgehead atoms. The first-order valence-electron chi connectivity index (χ1n) is 16.5. The number of likely N-dealkylation sites (tertiary alicyclic amines) is 1. The van der Waals surface area contributed by atoms with Crippen LogP contribution < -0.4 is 5.32 Å². The first-order chi connectivity index (χ1) is 22.4. The molecular formula is C35H42FN4O5PS. The molecule has 3 saturated heterocycles. The van der Waals surface area contributed by atoms with Crippen molar-refractivity contribution in [3.8, 4) is 6.07 Å². The van der Waals surface area contributed by atoms with Crippen LogP contribution in [-0.4, -0.2) is 69.2 Å². The Balaban J connectivity index is 1.20. The van der Waals surface area contributed by atoms with Gasteiger partial charge in [0.25, 0.3) is 5.91 Å². The van der Waals surface area contributed by atoms with Crippen LogP contribution in [0.2, 0.25) is 0 Å². The smallest absolute Gasteiger partial charge is 0.347 e. The van der Waals surface area contributed by atoms with E-state index in [1.54, 1.807) is 12.1 Å². The number of thiophene rings is 1. The summed E-state index contributed by atoms with van der Waals surface area (Å²) in [5.41, 5.74) is 0.955. The second kappa shape index (κ2) is 13.8. The number of carbonyl (C=O) groups excluding carboxylic acids is 2. The Kier molecular flexibility index (Phi) is 9.89. The van der Waals surface area contributed by atoms with Gasteiger partial charge in [-0.15, -0.1) is 11.3 Å². The molecule has 7 atom stereocenters. The minimum Gasteiger partial charge on any atom is -0.347 e. The van der Waals surface area contributed by atoms with E-state index in [0.29, 0.717) is 41.7 Å². The van der Waals surface area contributed by atoms with Crippen molar-refractivity contribution in [3.63, 3.8) is 0 Å². The molecule has 0 radical (unpaired) electrons.